The van der Waals surface area contributed by atoms with E-state index in [1.807, 2.05) is 38.0 Å². The van der Waals surface area contributed by atoms with Crippen molar-refractivity contribution in [2.24, 2.45) is 0 Å². The number of benzene rings is 1. The van der Waals surface area contributed by atoms with Crippen molar-refractivity contribution in [3.63, 3.8) is 0 Å². The molecule has 0 fully saturated rings. The second-order valence-corrected chi connectivity index (χ2v) is 6.29. The van der Waals surface area contributed by atoms with Gasteiger partial charge in [0.15, 0.2) is 0 Å². The molecule has 0 aliphatic carbocycles. The zero-order chi connectivity index (χ0) is 19.7. The maximum absolute atomic E-state index is 12.1. The topological polar surface area (TPSA) is 89.3 Å². The van der Waals surface area contributed by atoms with Gasteiger partial charge in [0.25, 0.3) is 5.91 Å². The quantitative estimate of drug-likeness (QED) is 0.660. The molecule has 3 rings (SSSR count). The Kier molecular flexibility index (Phi) is 8.71. The van der Waals surface area contributed by atoms with E-state index >= 15 is 0 Å². The Hall–Kier alpha value is -2.48. The van der Waals surface area contributed by atoms with E-state index in [9.17, 15) is 4.79 Å². The van der Waals surface area contributed by atoms with Gasteiger partial charge in [-0.05, 0) is 30.0 Å². The van der Waals surface area contributed by atoms with Crippen LogP contribution in [0.4, 0.5) is 5.88 Å². The summed E-state index contributed by atoms with van der Waals surface area (Å²) in [6.07, 6.45) is 0. The number of thiophene rings is 1. The number of carbonyl (C=O) groups excluding carboxylic acids is 3. The third-order valence-electron chi connectivity index (χ3n) is 2.99. The average molecular weight is 413 g/mol. The molecule has 3 aromatic rings. The molecule has 1 N–H and O–H groups in total. The molecule has 0 saturated heterocycles. The third-order valence-corrected chi connectivity index (χ3v) is 4.94. The van der Waals surface area contributed by atoms with Gasteiger partial charge in [-0.3, -0.25) is 10.1 Å². The molecule has 0 aliphatic rings. The van der Waals surface area contributed by atoms with E-state index in [1.54, 1.807) is 18.2 Å². The fourth-order valence-electron chi connectivity index (χ4n) is 1.84. The number of aromatic nitrogens is 1. The first kappa shape index (κ1) is 21.6. The average Bonchev–Trinajstić information content (AvgIpc) is 3.26. The SMILES string of the molecule is C=O.C=O.Cc1csc(C(=O)Nc2cc(-c3ccc(Cl)cc3)no2)c1Cl. The molecule has 2 aromatic heterocycles. The van der Waals surface area contributed by atoms with Crippen LogP contribution in [0.5, 0.6) is 0 Å². The molecule has 0 spiro atoms. The highest BCUT2D eigenvalue weighted by atomic mass is 35.5. The first-order valence-electron chi connectivity index (χ1n) is 6.90. The van der Waals surface area contributed by atoms with Crippen molar-refractivity contribution in [1.82, 2.24) is 5.16 Å². The van der Waals surface area contributed by atoms with Crippen molar-refractivity contribution in [3.8, 4) is 11.3 Å². The summed E-state index contributed by atoms with van der Waals surface area (Å²) >= 11 is 13.2. The molecule has 26 heavy (non-hydrogen) atoms. The molecule has 2 heterocycles. The van der Waals surface area contributed by atoms with Crippen molar-refractivity contribution in [2.75, 3.05) is 5.32 Å². The summed E-state index contributed by atoms with van der Waals surface area (Å²) in [5, 5.41) is 9.50. The van der Waals surface area contributed by atoms with Gasteiger partial charge in [0.05, 0.1) is 5.02 Å². The normalized spacial score (nSPS) is 9.35. The van der Waals surface area contributed by atoms with Crippen LogP contribution < -0.4 is 5.32 Å². The molecule has 1 amide bonds. The molecule has 0 atom stereocenters. The van der Waals surface area contributed by atoms with Crippen LogP contribution in [0.15, 0.2) is 40.2 Å². The molecule has 1 aromatic carbocycles. The molecule has 0 aliphatic heterocycles. The summed E-state index contributed by atoms with van der Waals surface area (Å²) in [6, 6.07) is 8.82. The van der Waals surface area contributed by atoms with E-state index < -0.39 is 0 Å². The Labute approximate surface area is 163 Å². The minimum Gasteiger partial charge on any atom is -0.338 e. The predicted molar refractivity (Wildman–Crippen MR) is 103 cm³/mol. The lowest BCUT2D eigenvalue weighted by Gasteiger charge is -1.98. The van der Waals surface area contributed by atoms with E-state index in [0.717, 1.165) is 11.1 Å². The van der Waals surface area contributed by atoms with Gasteiger partial charge >= 0.3 is 0 Å². The summed E-state index contributed by atoms with van der Waals surface area (Å²) in [4.78, 5) is 28.6. The van der Waals surface area contributed by atoms with Crippen molar-refractivity contribution in [1.29, 1.82) is 0 Å². The molecule has 0 saturated carbocycles. The standard InChI is InChI=1S/C15H10Cl2N2O2S.2CH2O/c1-8-7-22-14(13(8)17)15(20)18-12-6-11(19-21-12)9-2-4-10(16)5-3-9;2*1-2/h2-7H,1H3,(H,18,20);2*1H2. The molecule has 6 nitrogen and oxygen atoms in total. The van der Waals surface area contributed by atoms with Gasteiger partial charge in [-0.25, -0.2) is 0 Å². The van der Waals surface area contributed by atoms with Crippen LogP contribution in [0.1, 0.15) is 15.2 Å². The summed E-state index contributed by atoms with van der Waals surface area (Å²) in [5.41, 5.74) is 2.33. The largest absolute Gasteiger partial charge is 0.338 e. The van der Waals surface area contributed by atoms with Crippen LogP contribution in [-0.4, -0.2) is 24.6 Å². The number of hydrogen-bond acceptors (Lipinski definition) is 6. The molecular formula is C17H14Cl2N2O4S. The van der Waals surface area contributed by atoms with E-state index in [2.05, 4.69) is 10.5 Å². The summed E-state index contributed by atoms with van der Waals surface area (Å²) in [5.74, 6) is -0.0565. The van der Waals surface area contributed by atoms with Gasteiger partial charge in [0.1, 0.15) is 24.1 Å². The zero-order valence-corrected chi connectivity index (χ0v) is 16.0. The number of amides is 1. The monoisotopic (exact) mass is 412 g/mol. The number of aryl methyl sites for hydroxylation is 1. The van der Waals surface area contributed by atoms with Gasteiger partial charge in [-0.2, -0.15) is 0 Å². The van der Waals surface area contributed by atoms with Crippen LogP contribution in [0.2, 0.25) is 10.0 Å². The fourth-order valence-corrected chi connectivity index (χ4v) is 3.14. The lowest BCUT2D eigenvalue weighted by Crippen LogP contribution is -2.09. The molecule has 0 radical (unpaired) electrons. The lowest BCUT2D eigenvalue weighted by atomic mass is 10.1. The van der Waals surface area contributed by atoms with Gasteiger partial charge in [-0.15, -0.1) is 11.3 Å². The summed E-state index contributed by atoms with van der Waals surface area (Å²) < 4.78 is 5.13. The maximum Gasteiger partial charge on any atom is 0.269 e. The molecule has 136 valence electrons. The predicted octanol–water partition coefficient (Wildman–Crippen LogP) is 4.90. The minimum atomic E-state index is -0.318. The van der Waals surface area contributed by atoms with Gasteiger partial charge < -0.3 is 14.1 Å². The van der Waals surface area contributed by atoms with Gasteiger partial charge in [0.2, 0.25) is 5.88 Å². The molecule has 9 heteroatoms. The van der Waals surface area contributed by atoms with Crippen LogP contribution in [0.25, 0.3) is 11.3 Å². The van der Waals surface area contributed by atoms with Crippen molar-refractivity contribution in [2.45, 2.75) is 6.92 Å². The fraction of sp³-hybridized carbons (Fsp3) is 0.0588. The summed E-state index contributed by atoms with van der Waals surface area (Å²) in [6.45, 7) is 5.85. The Morgan fingerprint density at radius 3 is 2.31 bits per heavy atom. The first-order chi connectivity index (χ1) is 12.5. The van der Waals surface area contributed by atoms with Crippen LogP contribution in [0.3, 0.4) is 0 Å². The zero-order valence-electron chi connectivity index (χ0n) is 13.6. The van der Waals surface area contributed by atoms with E-state index in [4.69, 9.17) is 37.3 Å². The second-order valence-electron chi connectivity index (χ2n) is 4.60. The highest BCUT2D eigenvalue weighted by molar-refractivity contribution is 7.13. The van der Waals surface area contributed by atoms with Gasteiger partial charge in [-0.1, -0.05) is 40.5 Å². The van der Waals surface area contributed by atoms with Crippen LogP contribution in [-0.2, 0) is 9.59 Å². The lowest BCUT2D eigenvalue weighted by molar-refractivity contribution is -0.0987. The molecule has 0 unspecified atom stereocenters. The number of nitrogens with zero attached hydrogens (tertiary/aromatic N) is 1. The van der Waals surface area contributed by atoms with Crippen LogP contribution >= 0.6 is 34.5 Å². The smallest absolute Gasteiger partial charge is 0.269 e. The van der Waals surface area contributed by atoms with E-state index in [-0.39, 0.29) is 11.8 Å². The second kappa shape index (κ2) is 10.5. The van der Waals surface area contributed by atoms with Crippen molar-refractivity contribution < 1.29 is 18.9 Å². The number of rotatable bonds is 3. The Morgan fingerprint density at radius 1 is 1.15 bits per heavy atom. The first-order valence-corrected chi connectivity index (χ1v) is 8.53. The number of halogens is 2. The molecule has 0 bridgehead atoms. The maximum atomic E-state index is 12.1. The number of hydrogen-bond donors (Lipinski definition) is 1. The summed E-state index contributed by atoms with van der Waals surface area (Å²) in [7, 11) is 0. The number of anilines is 1. The third kappa shape index (κ3) is 5.26. The van der Waals surface area contributed by atoms with Crippen LogP contribution in [0, 0.1) is 6.92 Å². The van der Waals surface area contributed by atoms with Crippen molar-refractivity contribution in [3.05, 3.63) is 56.2 Å². The highest BCUT2D eigenvalue weighted by Crippen LogP contribution is 2.29. The van der Waals surface area contributed by atoms with Gasteiger partial charge in [0, 0.05) is 16.7 Å². The minimum absolute atomic E-state index is 0.261. The van der Waals surface area contributed by atoms with Crippen molar-refractivity contribution >= 4 is 59.9 Å². The Morgan fingerprint density at radius 2 is 1.77 bits per heavy atom. The highest BCUT2D eigenvalue weighted by Gasteiger charge is 2.17. The Bertz CT molecular complexity index is 860. The molecular weight excluding hydrogens is 399 g/mol. The van der Waals surface area contributed by atoms with E-state index in [0.29, 0.717) is 20.6 Å². The Balaban J connectivity index is 0.000000791. The number of carbonyl (C=O) groups is 3. The number of nitrogens with one attached hydrogen (secondary N) is 1. The van der Waals surface area contributed by atoms with E-state index in [1.165, 1.54) is 11.3 Å².